The molecular formula is C19H23FN2O3. The van der Waals surface area contributed by atoms with Gasteiger partial charge in [0, 0.05) is 18.7 Å². The summed E-state index contributed by atoms with van der Waals surface area (Å²) in [6.07, 6.45) is 2.80. The molecule has 3 heterocycles. The average molecular weight is 346 g/mol. The number of ether oxygens (including phenoxy) is 1. The van der Waals surface area contributed by atoms with E-state index in [0.717, 1.165) is 18.6 Å². The van der Waals surface area contributed by atoms with E-state index in [1.807, 2.05) is 19.9 Å². The topological polar surface area (TPSA) is 55.6 Å². The van der Waals surface area contributed by atoms with Gasteiger partial charge >= 0.3 is 0 Å². The molecule has 1 atom stereocenters. The van der Waals surface area contributed by atoms with E-state index < -0.39 is 5.82 Å². The fraction of sp³-hybridized carbons (Fsp3) is 0.474. The Morgan fingerprint density at radius 1 is 1.48 bits per heavy atom. The van der Waals surface area contributed by atoms with Gasteiger partial charge in [0.2, 0.25) is 0 Å². The number of aromatic nitrogens is 1. The number of amides is 1. The predicted molar refractivity (Wildman–Crippen MR) is 91.3 cm³/mol. The Morgan fingerprint density at radius 2 is 2.28 bits per heavy atom. The second-order valence-corrected chi connectivity index (χ2v) is 6.70. The lowest BCUT2D eigenvalue weighted by Gasteiger charge is -2.32. The van der Waals surface area contributed by atoms with E-state index in [1.54, 1.807) is 11.8 Å². The van der Waals surface area contributed by atoms with Crippen LogP contribution in [0.3, 0.4) is 0 Å². The number of likely N-dealkylation sites (tertiary alicyclic amines) is 1. The largest absolute Gasteiger partial charge is 0.470 e. The van der Waals surface area contributed by atoms with Crippen LogP contribution in [0.15, 0.2) is 28.8 Å². The van der Waals surface area contributed by atoms with Gasteiger partial charge in [-0.1, -0.05) is 13.8 Å². The average Bonchev–Trinajstić information content (AvgIpc) is 2.99. The summed E-state index contributed by atoms with van der Waals surface area (Å²) in [5.41, 5.74) is 0.591. The van der Waals surface area contributed by atoms with Crippen molar-refractivity contribution in [3.63, 3.8) is 0 Å². The fourth-order valence-corrected chi connectivity index (χ4v) is 3.01. The van der Waals surface area contributed by atoms with E-state index in [1.165, 1.54) is 18.3 Å². The highest BCUT2D eigenvalue weighted by molar-refractivity contribution is 5.95. The summed E-state index contributed by atoms with van der Waals surface area (Å²) in [7, 11) is 0. The van der Waals surface area contributed by atoms with Gasteiger partial charge in [-0.25, -0.2) is 9.37 Å². The second kappa shape index (κ2) is 7.25. The Bertz CT molecular complexity index is 757. The maximum Gasteiger partial charge on any atom is 0.257 e. The van der Waals surface area contributed by atoms with Crippen LogP contribution >= 0.6 is 0 Å². The van der Waals surface area contributed by atoms with Crippen molar-refractivity contribution in [2.24, 2.45) is 0 Å². The van der Waals surface area contributed by atoms with Crippen LogP contribution in [0.25, 0.3) is 0 Å². The molecule has 0 N–H and O–H groups in total. The molecule has 1 saturated heterocycles. The van der Waals surface area contributed by atoms with Gasteiger partial charge < -0.3 is 14.1 Å². The smallest absolute Gasteiger partial charge is 0.257 e. The van der Waals surface area contributed by atoms with Gasteiger partial charge in [-0.3, -0.25) is 4.79 Å². The van der Waals surface area contributed by atoms with Gasteiger partial charge in [0.15, 0.2) is 5.82 Å². The number of piperidine rings is 1. The van der Waals surface area contributed by atoms with E-state index in [2.05, 4.69) is 4.98 Å². The molecule has 1 aliphatic heterocycles. The molecule has 1 aliphatic rings. The summed E-state index contributed by atoms with van der Waals surface area (Å²) in [5, 5.41) is 0. The minimum absolute atomic E-state index is 0.0108. The number of furan rings is 1. The first-order valence-electron chi connectivity index (χ1n) is 8.62. The third-order valence-corrected chi connectivity index (χ3v) is 4.40. The number of carbonyl (C=O) groups is 1. The zero-order chi connectivity index (χ0) is 18.0. The molecule has 0 aliphatic carbocycles. The normalized spacial score (nSPS) is 17.8. The molecule has 3 rings (SSSR count). The number of halogens is 1. The Balaban J connectivity index is 1.70. The number of carbonyl (C=O) groups excluding carboxylic acids is 1. The van der Waals surface area contributed by atoms with Crippen LogP contribution in [-0.4, -0.2) is 35.0 Å². The molecule has 0 spiro atoms. The van der Waals surface area contributed by atoms with E-state index in [9.17, 15) is 9.18 Å². The van der Waals surface area contributed by atoms with Crippen LogP contribution in [-0.2, 0) is 0 Å². The molecule has 134 valence electrons. The minimum atomic E-state index is -0.488. The standard InChI is InChI=1S/C19H23FN2O3/c1-12(2)17-10-15(13(3)24-17)19(23)22-9-5-6-14(11-22)25-18-16(20)7-4-8-21-18/h4,7-8,10,12,14H,5-6,9,11H2,1-3H3. The van der Waals surface area contributed by atoms with Gasteiger partial charge in [-0.05, 0) is 38.0 Å². The molecule has 5 nitrogen and oxygen atoms in total. The highest BCUT2D eigenvalue weighted by Gasteiger charge is 2.28. The number of rotatable bonds is 4. The molecule has 0 saturated carbocycles. The minimum Gasteiger partial charge on any atom is -0.470 e. The Labute approximate surface area is 146 Å². The van der Waals surface area contributed by atoms with Gasteiger partial charge in [0.25, 0.3) is 11.8 Å². The summed E-state index contributed by atoms with van der Waals surface area (Å²) in [4.78, 5) is 18.5. The number of hydrogen-bond acceptors (Lipinski definition) is 4. The Kier molecular flexibility index (Phi) is 5.06. The van der Waals surface area contributed by atoms with Gasteiger partial charge in [0.05, 0.1) is 12.1 Å². The summed E-state index contributed by atoms with van der Waals surface area (Å²) in [6.45, 7) is 6.93. The molecule has 0 aromatic carbocycles. The van der Waals surface area contributed by atoms with Gasteiger partial charge in [0.1, 0.15) is 17.6 Å². The van der Waals surface area contributed by atoms with Gasteiger partial charge in [-0.2, -0.15) is 0 Å². The van der Waals surface area contributed by atoms with Crippen LogP contribution in [0, 0.1) is 12.7 Å². The maximum absolute atomic E-state index is 13.7. The SMILES string of the molecule is Cc1oc(C(C)C)cc1C(=O)N1CCCC(Oc2ncccc2F)C1. The van der Waals surface area contributed by atoms with Crippen LogP contribution in [0.2, 0.25) is 0 Å². The molecule has 6 heteroatoms. The summed E-state index contributed by atoms with van der Waals surface area (Å²) in [5.74, 6) is 1.10. The Hall–Kier alpha value is -2.37. The highest BCUT2D eigenvalue weighted by Crippen LogP contribution is 2.25. The van der Waals surface area contributed by atoms with Crippen molar-refractivity contribution in [3.05, 3.63) is 47.3 Å². The van der Waals surface area contributed by atoms with Crippen LogP contribution in [0.4, 0.5) is 4.39 Å². The fourth-order valence-electron chi connectivity index (χ4n) is 3.01. The van der Waals surface area contributed by atoms with E-state index in [-0.39, 0.29) is 23.8 Å². The summed E-state index contributed by atoms with van der Waals surface area (Å²) in [6, 6.07) is 4.66. The summed E-state index contributed by atoms with van der Waals surface area (Å²) < 4.78 is 25.1. The summed E-state index contributed by atoms with van der Waals surface area (Å²) >= 11 is 0. The first kappa shape index (κ1) is 17.5. The molecule has 1 unspecified atom stereocenters. The lowest BCUT2D eigenvalue weighted by Crippen LogP contribution is -2.44. The quantitative estimate of drug-likeness (QED) is 0.842. The molecule has 1 amide bonds. The van der Waals surface area contributed by atoms with Crippen molar-refractivity contribution in [3.8, 4) is 5.88 Å². The monoisotopic (exact) mass is 346 g/mol. The van der Waals surface area contributed by atoms with Crippen LogP contribution in [0.5, 0.6) is 5.88 Å². The molecule has 25 heavy (non-hydrogen) atoms. The van der Waals surface area contributed by atoms with Crippen molar-refractivity contribution in [2.75, 3.05) is 13.1 Å². The first-order valence-corrected chi connectivity index (χ1v) is 8.62. The van der Waals surface area contributed by atoms with Crippen LogP contribution in [0.1, 0.15) is 54.5 Å². The predicted octanol–water partition coefficient (Wildman–Crippen LogP) is 3.93. The molecule has 0 radical (unpaired) electrons. The second-order valence-electron chi connectivity index (χ2n) is 6.70. The third kappa shape index (κ3) is 3.83. The van der Waals surface area contributed by atoms with E-state index >= 15 is 0 Å². The van der Waals surface area contributed by atoms with Crippen molar-refractivity contribution in [1.82, 2.24) is 9.88 Å². The molecule has 1 fully saturated rings. The maximum atomic E-state index is 13.7. The Morgan fingerprint density at radius 3 is 2.96 bits per heavy atom. The molecule has 0 bridgehead atoms. The highest BCUT2D eigenvalue weighted by atomic mass is 19.1. The first-order chi connectivity index (χ1) is 12.0. The molecule has 2 aromatic heterocycles. The number of pyridine rings is 1. The number of aryl methyl sites for hydroxylation is 1. The van der Waals surface area contributed by atoms with Crippen molar-refractivity contribution >= 4 is 5.91 Å². The van der Waals surface area contributed by atoms with Crippen molar-refractivity contribution in [1.29, 1.82) is 0 Å². The molecular weight excluding hydrogens is 323 g/mol. The zero-order valence-corrected chi connectivity index (χ0v) is 14.8. The molecule has 2 aromatic rings. The van der Waals surface area contributed by atoms with Crippen molar-refractivity contribution < 1.29 is 18.3 Å². The van der Waals surface area contributed by atoms with Crippen molar-refractivity contribution in [2.45, 2.75) is 45.6 Å². The number of hydrogen-bond donors (Lipinski definition) is 0. The van der Waals surface area contributed by atoms with Crippen LogP contribution < -0.4 is 4.74 Å². The van der Waals surface area contributed by atoms with E-state index in [4.69, 9.17) is 9.15 Å². The zero-order valence-electron chi connectivity index (χ0n) is 14.8. The number of nitrogens with zero attached hydrogens (tertiary/aromatic N) is 2. The lowest BCUT2D eigenvalue weighted by molar-refractivity contribution is 0.0516. The van der Waals surface area contributed by atoms with Gasteiger partial charge in [-0.15, -0.1) is 0 Å². The third-order valence-electron chi connectivity index (χ3n) is 4.40. The van der Waals surface area contributed by atoms with E-state index in [0.29, 0.717) is 24.4 Å². The lowest BCUT2D eigenvalue weighted by atomic mass is 10.1.